The van der Waals surface area contributed by atoms with E-state index in [1.54, 1.807) is 72.8 Å². The van der Waals surface area contributed by atoms with Gasteiger partial charge in [-0.1, -0.05) is 24.3 Å². The monoisotopic (exact) mass is 416 g/mol. The van der Waals surface area contributed by atoms with Gasteiger partial charge in [0.15, 0.2) is 17.4 Å². The molecular formula is C23H16N2O6. The Labute approximate surface area is 174 Å². The fraction of sp³-hybridized carbons (Fsp3) is 0.0870. The third-order valence-corrected chi connectivity index (χ3v) is 5.01. The molecule has 31 heavy (non-hydrogen) atoms. The molecule has 1 atom stereocenters. The lowest BCUT2D eigenvalue weighted by Gasteiger charge is -2.20. The van der Waals surface area contributed by atoms with E-state index in [0.29, 0.717) is 33.5 Å². The first-order valence-corrected chi connectivity index (χ1v) is 9.54. The molecule has 8 nitrogen and oxygen atoms in total. The summed E-state index contributed by atoms with van der Waals surface area (Å²) in [7, 11) is 0. The lowest BCUT2D eigenvalue weighted by Crippen LogP contribution is -2.31. The van der Waals surface area contributed by atoms with Crippen LogP contribution in [0.3, 0.4) is 0 Å². The molecule has 0 spiro atoms. The van der Waals surface area contributed by atoms with Gasteiger partial charge >= 0.3 is 11.5 Å². The standard InChI is InChI=1S/C23H16N2O6/c26-14-15-9-11-16(12-10-15)29-21(25-18-6-2-4-8-20(18)31-23(25)28)13-24-17-5-1-3-7-19(17)30-22(24)27/h1-12,14,21H,13H2. The number of aldehydes is 1. The van der Waals surface area contributed by atoms with E-state index in [2.05, 4.69) is 0 Å². The number of hydrogen-bond acceptors (Lipinski definition) is 6. The Hall–Kier alpha value is -4.33. The summed E-state index contributed by atoms with van der Waals surface area (Å²) in [5.41, 5.74) is 2.45. The van der Waals surface area contributed by atoms with Gasteiger partial charge in [-0.3, -0.25) is 9.36 Å². The maximum Gasteiger partial charge on any atom is 0.423 e. The molecule has 8 heteroatoms. The smallest absolute Gasteiger partial charge is 0.423 e. The number of ether oxygens (including phenoxy) is 1. The van der Waals surface area contributed by atoms with Crippen molar-refractivity contribution in [1.29, 1.82) is 0 Å². The van der Waals surface area contributed by atoms with Gasteiger partial charge in [0, 0.05) is 5.56 Å². The maximum absolute atomic E-state index is 12.7. The Bertz CT molecular complexity index is 1500. The van der Waals surface area contributed by atoms with E-state index in [-0.39, 0.29) is 6.54 Å². The second-order valence-corrected chi connectivity index (χ2v) is 6.91. The zero-order chi connectivity index (χ0) is 21.4. The number of fused-ring (bicyclic) bond motifs is 2. The molecule has 0 aliphatic rings. The number of aromatic nitrogens is 2. The van der Waals surface area contributed by atoms with Crippen molar-refractivity contribution >= 4 is 28.5 Å². The van der Waals surface area contributed by atoms with Crippen molar-refractivity contribution in [1.82, 2.24) is 9.13 Å². The Kier molecular flexibility index (Phi) is 4.51. The van der Waals surface area contributed by atoms with Crippen LogP contribution >= 0.6 is 0 Å². The predicted octanol–water partition coefficient (Wildman–Crippen LogP) is 3.59. The summed E-state index contributed by atoms with van der Waals surface area (Å²) in [6.45, 7) is -0.00525. The average molecular weight is 416 g/mol. The fourth-order valence-electron chi connectivity index (χ4n) is 3.55. The van der Waals surface area contributed by atoms with E-state index in [4.69, 9.17) is 13.6 Å². The molecule has 2 heterocycles. The number of carbonyl (C=O) groups excluding carboxylic acids is 1. The molecule has 5 aromatic rings. The fourth-order valence-corrected chi connectivity index (χ4v) is 3.55. The van der Waals surface area contributed by atoms with Crippen LogP contribution in [0.25, 0.3) is 22.2 Å². The third-order valence-electron chi connectivity index (χ3n) is 5.01. The van der Waals surface area contributed by atoms with Crippen LogP contribution in [0.4, 0.5) is 0 Å². The molecule has 3 aromatic carbocycles. The van der Waals surface area contributed by atoms with E-state index in [9.17, 15) is 14.4 Å². The van der Waals surface area contributed by atoms with Gasteiger partial charge in [0.25, 0.3) is 0 Å². The van der Waals surface area contributed by atoms with E-state index in [0.717, 1.165) is 6.29 Å². The third kappa shape index (κ3) is 3.33. The Balaban J connectivity index is 1.63. The molecule has 0 aliphatic heterocycles. The van der Waals surface area contributed by atoms with Gasteiger partial charge in [0.2, 0.25) is 0 Å². The SMILES string of the molecule is O=Cc1ccc(OC(Cn2c(=O)oc3ccccc32)n2c(=O)oc3ccccc32)cc1. The van der Waals surface area contributed by atoms with Crippen molar-refractivity contribution < 1.29 is 18.4 Å². The molecule has 0 saturated carbocycles. The normalized spacial score (nSPS) is 12.3. The van der Waals surface area contributed by atoms with E-state index < -0.39 is 17.7 Å². The Morgan fingerprint density at radius 1 is 0.806 bits per heavy atom. The second kappa shape index (κ2) is 7.49. The zero-order valence-electron chi connectivity index (χ0n) is 16.1. The van der Waals surface area contributed by atoms with Crippen LogP contribution in [0.1, 0.15) is 16.6 Å². The van der Waals surface area contributed by atoms with Crippen molar-refractivity contribution in [3.05, 3.63) is 99.5 Å². The lowest BCUT2D eigenvalue weighted by molar-refractivity contribution is 0.107. The Morgan fingerprint density at radius 3 is 2.13 bits per heavy atom. The average Bonchev–Trinajstić information content (AvgIpc) is 3.29. The van der Waals surface area contributed by atoms with Crippen LogP contribution in [-0.2, 0) is 6.54 Å². The summed E-state index contributed by atoms with van der Waals surface area (Å²) in [5, 5.41) is 0. The van der Waals surface area contributed by atoms with Crippen LogP contribution in [0.2, 0.25) is 0 Å². The first-order valence-electron chi connectivity index (χ1n) is 9.54. The second-order valence-electron chi connectivity index (χ2n) is 6.91. The largest absolute Gasteiger partial charge is 0.468 e. The number of oxazole rings is 2. The number of para-hydroxylation sites is 4. The van der Waals surface area contributed by atoms with Crippen molar-refractivity contribution in [2.45, 2.75) is 12.8 Å². The van der Waals surface area contributed by atoms with Gasteiger partial charge < -0.3 is 13.6 Å². The summed E-state index contributed by atoms with van der Waals surface area (Å²) >= 11 is 0. The molecule has 2 aromatic heterocycles. The van der Waals surface area contributed by atoms with Crippen LogP contribution in [0.15, 0.2) is 91.2 Å². The summed E-state index contributed by atoms with van der Waals surface area (Å²) in [5.74, 6) is -0.753. The lowest BCUT2D eigenvalue weighted by atomic mass is 10.2. The summed E-state index contributed by atoms with van der Waals surface area (Å²) in [4.78, 5) is 36.2. The predicted molar refractivity (Wildman–Crippen MR) is 112 cm³/mol. The highest BCUT2D eigenvalue weighted by atomic mass is 16.5. The molecule has 0 radical (unpaired) electrons. The molecule has 0 bridgehead atoms. The maximum atomic E-state index is 12.7. The van der Waals surface area contributed by atoms with Gasteiger partial charge in [-0.25, -0.2) is 14.2 Å². The van der Waals surface area contributed by atoms with E-state index in [1.807, 2.05) is 0 Å². The molecular weight excluding hydrogens is 400 g/mol. The van der Waals surface area contributed by atoms with Gasteiger partial charge in [0.1, 0.15) is 12.0 Å². The number of hydrogen-bond donors (Lipinski definition) is 0. The van der Waals surface area contributed by atoms with Crippen molar-refractivity contribution in [2.24, 2.45) is 0 Å². The van der Waals surface area contributed by atoms with Crippen LogP contribution in [-0.4, -0.2) is 15.4 Å². The summed E-state index contributed by atoms with van der Waals surface area (Å²) < 4.78 is 19.6. The van der Waals surface area contributed by atoms with Crippen LogP contribution in [0.5, 0.6) is 5.75 Å². The van der Waals surface area contributed by atoms with Crippen molar-refractivity contribution in [2.75, 3.05) is 0 Å². The van der Waals surface area contributed by atoms with Crippen molar-refractivity contribution in [3.8, 4) is 5.75 Å². The first-order chi connectivity index (χ1) is 15.1. The molecule has 0 N–H and O–H groups in total. The van der Waals surface area contributed by atoms with E-state index >= 15 is 0 Å². The molecule has 154 valence electrons. The van der Waals surface area contributed by atoms with Crippen molar-refractivity contribution in [3.63, 3.8) is 0 Å². The summed E-state index contributed by atoms with van der Waals surface area (Å²) in [6.07, 6.45) is -0.191. The van der Waals surface area contributed by atoms with Crippen LogP contribution in [0, 0.1) is 0 Å². The summed E-state index contributed by atoms with van der Waals surface area (Å²) in [6, 6.07) is 20.4. The van der Waals surface area contributed by atoms with Gasteiger partial charge in [-0.05, 0) is 48.5 Å². The highest BCUT2D eigenvalue weighted by molar-refractivity contribution is 5.75. The highest BCUT2D eigenvalue weighted by Gasteiger charge is 2.23. The molecule has 0 aliphatic carbocycles. The minimum absolute atomic E-state index is 0.00525. The molecule has 0 saturated heterocycles. The number of nitrogens with zero attached hydrogens (tertiary/aromatic N) is 2. The molecule has 5 rings (SSSR count). The van der Waals surface area contributed by atoms with Gasteiger partial charge in [0.05, 0.1) is 17.6 Å². The number of carbonyl (C=O) groups is 1. The topological polar surface area (TPSA) is 96.6 Å². The molecule has 0 amide bonds. The first kappa shape index (κ1) is 18.7. The zero-order valence-corrected chi connectivity index (χ0v) is 16.1. The number of benzene rings is 3. The van der Waals surface area contributed by atoms with Crippen LogP contribution < -0.4 is 16.2 Å². The Morgan fingerprint density at radius 2 is 1.42 bits per heavy atom. The van der Waals surface area contributed by atoms with E-state index in [1.165, 1.54) is 9.13 Å². The molecule has 1 unspecified atom stereocenters. The highest BCUT2D eigenvalue weighted by Crippen LogP contribution is 2.24. The minimum atomic E-state index is -0.920. The number of rotatable bonds is 6. The molecule has 0 fully saturated rings. The van der Waals surface area contributed by atoms with Gasteiger partial charge in [-0.2, -0.15) is 0 Å². The minimum Gasteiger partial charge on any atom is -0.468 e. The van der Waals surface area contributed by atoms with Gasteiger partial charge in [-0.15, -0.1) is 0 Å². The quantitative estimate of drug-likeness (QED) is 0.393.